The predicted octanol–water partition coefficient (Wildman–Crippen LogP) is 2.50. The lowest BCUT2D eigenvalue weighted by atomic mass is 9.94. The summed E-state index contributed by atoms with van der Waals surface area (Å²) in [5.74, 6) is -2.62. The molecule has 0 spiro atoms. The van der Waals surface area contributed by atoms with Crippen LogP contribution in [-0.2, 0) is 0 Å². The molecule has 148 valence electrons. The van der Waals surface area contributed by atoms with Crippen molar-refractivity contribution >= 4 is 22.6 Å². The molecular formula is C20H21F2N3O3. The summed E-state index contributed by atoms with van der Waals surface area (Å²) in [5, 5.41) is 12.5. The van der Waals surface area contributed by atoms with Crippen molar-refractivity contribution in [1.29, 1.82) is 0 Å². The molecule has 1 aromatic carbocycles. The van der Waals surface area contributed by atoms with E-state index in [0.717, 1.165) is 38.3 Å². The van der Waals surface area contributed by atoms with Gasteiger partial charge in [-0.1, -0.05) is 0 Å². The number of anilines is 1. The third-order valence-corrected chi connectivity index (χ3v) is 6.27. The van der Waals surface area contributed by atoms with Gasteiger partial charge in [-0.2, -0.15) is 0 Å². The number of aromatic carboxylic acids is 1. The molecule has 2 atom stereocenters. The van der Waals surface area contributed by atoms with Crippen LogP contribution in [0.4, 0.5) is 14.5 Å². The summed E-state index contributed by atoms with van der Waals surface area (Å²) in [6.07, 6.45) is 4.85. The Balaban J connectivity index is 1.70. The van der Waals surface area contributed by atoms with Gasteiger partial charge in [-0.05, 0) is 44.2 Å². The highest BCUT2D eigenvalue weighted by Gasteiger charge is 2.38. The monoisotopic (exact) mass is 389 g/mol. The molecule has 1 aromatic heterocycles. The zero-order chi connectivity index (χ0) is 19.6. The van der Waals surface area contributed by atoms with E-state index in [1.165, 1.54) is 10.8 Å². The second-order valence-electron chi connectivity index (χ2n) is 8.10. The molecule has 3 fully saturated rings. The van der Waals surface area contributed by atoms with Crippen LogP contribution < -0.4 is 15.6 Å². The lowest BCUT2D eigenvalue weighted by Gasteiger charge is -2.24. The minimum absolute atomic E-state index is 0.0109. The maximum absolute atomic E-state index is 15.6. The van der Waals surface area contributed by atoms with Gasteiger partial charge in [0.2, 0.25) is 5.43 Å². The molecule has 2 N–H and O–H groups in total. The topological polar surface area (TPSA) is 74.6 Å². The molecule has 0 unspecified atom stereocenters. The molecular weight excluding hydrogens is 368 g/mol. The van der Waals surface area contributed by atoms with Crippen molar-refractivity contribution in [1.82, 2.24) is 9.88 Å². The van der Waals surface area contributed by atoms with E-state index in [0.29, 0.717) is 19.0 Å². The number of pyridine rings is 1. The van der Waals surface area contributed by atoms with Crippen molar-refractivity contribution in [2.24, 2.45) is 5.92 Å². The summed E-state index contributed by atoms with van der Waals surface area (Å²) >= 11 is 0. The van der Waals surface area contributed by atoms with E-state index >= 15 is 4.39 Å². The van der Waals surface area contributed by atoms with E-state index in [1.807, 2.05) is 0 Å². The van der Waals surface area contributed by atoms with Gasteiger partial charge in [-0.25, -0.2) is 13.6 Å². The largest absolute Gasteiger partial charge is 0.477 e. The molecule has 0 bridgehead atoms. The molecule has 8 heteroatoms. The minimum Gasteiger partial charge on any atom is -0.477 e. The quantitative estimate of drug-likeness (QED) is 0.844. The molecule has 2 aromatic rings. The number of nitrogens with zero attached hydrogens (tertiary/aromatic N) is 2. The Morgan fingerprint density at radius 3 is 2.68 bits per heavy atom. The Morgan fingerprint density at radius 2 is 2.00 bits per heavy atom. The third-order valence-electron chi connectivity index (χ3n) is 6.27. The number of carboxylic acids is 1. The van der Waals surface area contributed by atoms with Gasteiger partial charge in [0, 0.05) is 31.4 Å². The first-order valence-corrected chi connectivity index (χ1v) is 9.74. The van der Waals surface area contributed by atoms with Crippen molar-refractivity contribution in [3.8, 4) is 0 Å². The number of hydrogen-bond acceptors (Lipinski definition) is 4. The number of benzene rings is 1. The number of carbonyl (C=O) groups is 1. The second-order valence-corrected chi connectivity index (χ2v) is 8.10. The van der Waals surface area contributed by atoms with Crippen LogP contribution in [0.2, 0.25) is 0 Å². The molecule has 1 saturated carbocycles. The molecule has 0 radical (unpaired) electrons. The zero-order valence-corrected chi connectivity index (χ0v) is 15.3. The Morgan fingerprint density at radius 1 is 1.21 bits per heavy atom. The molecule has 2 saturated heterocycles. The number of rotatable bonds is 3. The summed E-state index contributed by atoms with van der Waals surface area (Å²) in [5.41, 5.74) is -1.40. The molecule has 6 nitrogen and oxygen atoms in total. The van der Waals surface area contributed by atoms with Crippen LogP contribution in [0.5, 0.6) is 0 Å². The fourth-order valence-corrected chi connectivity index (χ4v) is 4.74. The summed E-state index contributed by atoms with van der Waals surface area (Å²) in [6.45, 7) is 2.00. The first kappa shape index (κ1) is 17.6. The summed E-state index contributed by atoms with van der Waals surface area (Å²) in [7, 11) is 0. The van der Waals surface area contributed by atoms with E-state index in [-0.39, 0.29) is 28.7 Å². The first-order chi connectivity index (χ1) is 13.5. The number of carboxylic acid groups (broad SMARTS) is 1. The SMILES string of the molecule is O=C(O)c1cn(C2CC2)c2c(F)c(N3C[C@H]4CCCN[C@H]4C3)c(F)cc2c1=O. The number of fused-ring (bicyclic) bond motifs is 2. The van der Waals surface area contributed by atoms with Gasteiger partial charge in [0.25, 0.3) is 0 Å². The molecule has 1 aliphatic carbocycles. The van der Waals surface area contributed by atoms with Crippen LogP contribution in [0, 0.1) is 17.6 Å². The average molecular weight is 389 g/mol. The highest BCUT2D eigenvalue weighted by Crippen LogP contribution is 2.40. The van der Waals surface area contributed by atoms with Crippen molar-refractivity contribution < 1.29 is 18.7 Å². The fourth-order valence-electron chi connectivity index (χ4n) is 4.74. The summed E-state index contributed by atoms with van der Waals surface area (Å²) < 4.78 is 32.1. The standard InChI is InChI=1S/C20H21F2N3O3/c21-14-6-12-17(25(11-3-4-11)8-13(19(12)26)20(27)28)16(22)18(14)24-7-10-2-1-5-23-15(10)9-24/h6,8,10-11,15,23H,1-5,7,9H2,(H,27,28)/t10-,15+/m1/s1. The average Bonchev–Trinajstić information content (AvgIpc) is 3.41. The predicted molar refractivity (Wildman–Crippen MR) is 100 cm³/mol. The lowest BCUT2D eigenvalue weighted by molar-refractivity contribution is 0.0695. The molecule has 3 aliphatic rings. The maximum Gasteiger partial charge on any atom is 0.341 e. The zero-order valence-electron chi connectivity index (χ0n) is 15.3. The van der Waals surface area contributed by atoms with E-state index in [1.54, 1.807) is 4.90 Å². The normalized spacial score (nSPS) is 24.6. The van der Waals surface area contributed by atoms with E-state index in [2.05, 4.69) is 5.32 Å². The maximum atomic E-state index is 15.6. The molecule has 3 heterocycles. The van der Waals surface area contributed by atoms with Crippen LogP contribution in [0.15, 0.2) is 17.1 Å². The van der Waals surface area contributed by atoms with Gasteiger partial charge in [-0.3, -0.25) is 4.79 Å². The number of aromatic nitrogens is 1. The number of piperidine rings is 1. The lowest BCUT2D eigenvalue weighted by Crippen LogP contribution is -2.40. The Hall–Kier alpha value is -2.48. The van der Waals surface area contributed by atoms with Crippen molar-refractivity contribution in [2.45, 2.75) is 37.8 Å². The van der Waals surface area contributed by atoms with Crippen LogP contribution >= 0.6 is 0 Å². The van der Waals surface area contributed by atoms with Gasteiger partial charge in [0.05, 0.1) is 10.9 Å². The highest BCUT2D eigenvalue weighted by molar-refractivity contribution is 5.94. The van der Waals surface area contributed by atoms with Crippen LogP contribution in [0.25, 0.3) is 10.9 Å². The first-order valence-electron chi connectivity index (χ1n) is 9.74. The summed E-state index contributed by atoms with van der Waals surface area (Å²) in [4.78, 5) is 25.7. The van der Waals surface area contributed by atoms with Crippen molar-refractivity contribution in [3.05, 3.63) is 39.7 Å². The smallest absolute Gasteiger partial charge is 0.341 e. The Kier molecular flexibility index (Phi) is 3.94. The van der Waals surface area contributed by atoms with Crippen LogP contribution in [0.3, 0.4) is 0 Å². The van der Waals surface area contributed by atoms with Gasteiger partial charge in [0.15, 0.2) is 5.82 Å². The molecule has 0 amide bonds. The van der Waals surface area contributed by atoms with Gasteiger partial charge < -0.3 is 19.9 Å². The molecule has 5 rings (SSSR count). The van der Waals surface area contributed by atoms with E-state index in [4.69, 9.17) is 0 Å². The second kappa shape index (κ2) is 6.27. The van der Waals surface area contributed by atoms with Gasteiger partial charge in [-0.15, -0.1) is 0 Å². The van der Waals surface area contributed by atoms with Crippen LogP contribution in [0.1, 0.15) is 42.1 Å². The highest BCUT2D eigenvalue weighted by atomic mass is 19.1. The van der Waals surface area contributed by atoms with Crippen molar-refractivity contribution in [3.63, 3.8) is 0 Å². The third kappa shape index (κ3) is 2.62. The van der Waals surface area contributed by atoms with Crippen LogP contribution in [-0.4, -0.2) is 41.3 Å². The minimum atomic E-state index is -1.39. The number of nitrogens with one attached hydrogen (secondary N) is 1. The number of halogens is 2. The summed E-state index contributed by atoms with van der Waals surface area (Å²) in [6, 6.07) is 1.16. The van der Waals surface area contributed by atoms with E-state index in [9.17, 15) is 19.1 Å². The fraction of sp³-hybridized carbons (Fsp3) is 0.500. The van der Waals surface area contributed by atoms with Gasteiger partial charge >= 0.3 is 5.97 Å². The van der Waals surface area contributed by atoms with Gasteiger partial charge in [0.1, 0.15) is 17.1 Å². The Bertz CT molecular complexity index is 1030. The molecule has 28 heavy (non-hydrogen) atoms. The van der Waals surface area contributed by atoms with Crippen molar-refractivity contribution in [2.75, 3.05) is 24.5 Å². The van der Waals surface area contributed by atoms with E-state index < -0.39 is 28.6 Å². The molecule has 2 aliphatic heterocycles. The number of hydrogen-bond donors (Lipinski definition) is 2. The Labute approximate surface area is 159 Å².